The number of ether oxygens (including phenoxy) is 4. The van der Waals surface area contributed by atoms with Gasteiger partial charge in [-0.3, -0.25) is 4.79 Å². The minimum Gasteiger partial charge on any atom is -0.493 e. The number of hydrogen-bond acceptors (Lipinski definition) is 5. The minimum atomic E-state index is -0.253. The van der Waals surface area contributed by atoms with Crippen molar-refractivity contribution in [2.24, 2.45) is 0 Å². The van der Waals surface area contributed by atoms with Gasteiger partial charge >= 0.3 is 5.97 Å². The lowest BCUT2D eigenvalue weighted by molar-refractivity contribution is -0.142. The van der Waals surface area contributed by atoms with Crippen LogP contribution in [0, 0.1) is 0 Å². The molecule has 0 bridgehead atoms. The summed E-state index contributed by atoms with van der Waals surface area (Å²) in [5.74, 6) is 1.42. The van der Waals surface area contributed by atoms with Gasteiger partial charge in [-0.2, -0.15) is 0 Å². The van der Waals surface area contributed by atoms with Crippen molar-refractivity contribution in [3.63, 3.8) is 0 Å². The fraction of sp³-hybridized carbons (Fsp3) is 0.286. The number of aryl methyl sites for hydroxylation is 1. The molecule has 0 unspecified atom stereocenters. The molecule has 0 amide bonds. The van der Waals surface area contributed by atoms with Crippen LogP contribution < -0.4 is 14.2 Å². The lowest BCUT2D eigenvalue weighted by atomic mass is 10.1. The van der Waals surface area contributed by atoms with E-state index >= 15 is 0 Å². The Hall–Kier alpha value is -2.95. The molecule has 138 valence electrons. The van der Waals surface area contributed by atoms with Gasteiger partial charge in [-0.1, -0.05) is 36.4 Å². The zero-order valence-corrected chi connectivity index (χ0v) is 15.4. The maximum atomic E-state index is 11.9. The van der Waals surface area contributed by atoms with E-state index in [4.69, 9.17) is 18.9 Å². The van der Waals surface area contributed by atoms with Crippen molar-refractivity contribution in [3.05, 3.63) is 59.7 Å². The van der Waals surface area contributed by atoms with Gasteiger partial charge in [0.05, 0.1) is 21.3 Å². The number of carbonyl (C=O) groups is 1. The molecule has 2 aromatic carbocycles. The molecule has 0 aromatic heterocycles. The largest absolute Gasteiger partial charge is 0.493 e. The molecule has 0 fully saturated rings. The van der Waals surface area contributed by atoms with Gasteiger partial charge in [0.1, 0.15) is 6.61 Å². The normalized spacial score (nSPS) is 10.6. The quantitative estimate of drug-likeness (QED) is 0.638. The van der Waals surface area contributed by atoms with Gasteiger partial charge < -0.3 is 18.9 Å². The molecule has 0 aliphatic rings. The Balaban J connectivity index is 1.86. The predicted octanol–water partition coefficient (Wildman–Crippen LogP) is 3.90. The van der Waals surface area contributed by atoms with Gasteiger partial charge in [-0.25, -0.2) is 0 Å². The summed E-state index contributed by atoms with van der Waals surface area (Å²) in [5.41, 5.74) is 1.98. The summed E-state index contributed by atoms with van der Waals surface area (Å²) in [6.45, 7) is 0.253. The number of esters is 1. The van der Waals surface area contributed by atoms with Crippen molar-refractivity contribution in [2.75, 3.05) is 27.9 Å². The smallest absolute Gasteiger partial charge is 0.306 e. The first kappa shape index (κ1) is 19.4. The van der Waals surface area contributed by atoms with Crippen LogP contribution in [-0.2, 0) is 16.0 Å². The first-order chi connectivity index (χ1) is 12.7. The standard InChI is InChI=1S/C21H24O5/c1-23-18-14-17(15-19(24-2)21(18)25-3)11-12-20(22)26-13-7-10-16-8-5-4-6-9-16/h4-10,14-15H,11-13H2,1-3H3/b10-7+. The van der Waals surface area contributed by atoms with Crippen LogP contribution in [-0.4, -0.2) is 33.9 Å². The fourth-order valence-corrected chi connectivity index (χ4v) is 2.49. The third kappa shape index (κ3) is 5.55. The van der Waals surface area contributed by atoms with Crippen LogP contribution in [0.25, 0.3) is 6.08 Å². The molecule has 0 aliphatic heterocycles. The molecule has 0 atom stereocenters. The molecule has 0 aliphatic carbocycles. The lowest BCUT2D eigenvalue weighted by Gasteiger charge is -2.14. The summed E-state index contributed by atoms with van der Waals surface area (Å²) < 4.78 is 21.2. The van der Waals surface area contributed by atoms with Gasteiger partial charge in [0, 0.05) is 6.42 Å². The molecule has 0 saturated carbocycles. The number of methoxy groups -OCH3 is 3. The molecular weight excluding hydrogens is 332 g/mol. The van der Waals surface area contributed by atoms with Crippen LogP contribution in [0.3, 0.4) is 0 Å². The summed E-state index contributed by atoms with van der Waals surface area (Å²) in [5, 5.41) is 0. The molecule has 2 rings (SSSR count). The van der Waals surface area contributed by atoms with Crippen molar-refractivity contribution in [1.29, 1.82) is 0 Å². The molecule has 0 saturated heterocycles. The van der Waals surface area contributed by atoms with E-state index in [-0.39, 0.29) is 19.0 Å². The molecule has 26 heavy (non-hydrogen) atoms. The third-order valence-corrected chi connectivity index (χ3v) is 3.79. The van der Waals surface area contributed by atoms with Gasteiger partial charge in [-0.15, -0.1) is 0 Å². The van der Waals surface area contributed by atoms with Gasteiger partial charge in [0.15, 0.2) is 11.5 Å². The average Bonchev–Trinajstić information content (AvgIpc) is 2.69. The highest BCUT2D eigenvalue weighted by molar-refractivity contribution is 5.70. The van der Waals surface area contributed by atoms with E-state index in [9.17, 15) is 4.79 Å². The first-order valence-electron chi connectivity index (χ1n) is 8.34. The van der Waals surface area contributed by atoms with Crippen molar-refractivity contribution in [3.8, 4) is 17.2 Å². The van der Waals surface area contributed by atoms with Gasteiger partial charge in [0.25, 0.3) is 0 Å². The van der Waals surface area contributed by atoms with E-state index in [2.05, 4.69) is 0 Å². The van der Waals surface area contributed by atoms with Crippen LogP contribution in [0.5, 0.6) is 17.2 Å². The number of hydrogen-bond donors (Lipinski definition) is 0. The van der Waals surface area contributed by atoms with Gasteiger partial charge in [0.2, 0.25) is 5.75 Å². The maximum Gasteiger partial charge on any atom is 0.306 e. The molecule has 2 aromatic rings. The molecule has 5 nitrogen and oxygen atoms in total. The Morgan fingerprint density at radius 1 is 0.962 bits per heavy atom. The summed E-state index contributed by atoms with van der Waals surface area (Å²) in [4.78, 5) is 11.9. The molecular formula is C21H24O5. The van der Waals surface area contributed by atoms with Crippen molar-refractivity contribution >= 4 is 12.0 Å². The van der Waals surface area contributed by atoms with E-state index in [1.165, 1.54) is 0 Å². The Kier molecular flexibility index (Phi) is 7.55. The van der Waals surface area contributed by atoms with Crippen LogP contribution in [0.15, 0.2) is 48.5 Å². The lowest BCUT2D eigenvalue weighted by Crippen LogP contribution is -2.06. The van der Waals surface area contributed by atoms with Crippen LogP contribution in [0.1, 0.15) is 17.5 Å². The number of carbonyl (C=O) groups excluding carboxylic acids is 1. The van der Waals surface area contributed by atoms with E-state index in [1.807, 2.05) is 54.6 Å². The van der Waals surface area contributed by atoms with Gasteiger partial charge in [-0.05, 0) is 35.8 Å². The van der Waals surface area contributed by atoms with Crippen molar-refractivity contribution in [2.45, 2.75) is 12.8 Å². The highest BCUT2D eigenvalue weighted by Gasteiger charge is 2.14. The second-order valence-corrected chi connectivity index (χ2v) is 5.53. The zero-order chi connectivity index (χ0) is 18.8. The molecule has 0 heterocycles. The Morgan fingerprint density at radius 3 is 2.19 bits per heavy atom. The number of rotatable bonds is 9. The summed E-state index contributed by atoms with van der Waals surface area (Å²) in [7, 11) is 4.68. The maximum absolute atomic E-state index is 11.9. The van der Waals surface area contributed by atoms with E-state index in [1.54, 1.807) is 21.3 Å². The van der Waals surface area contributed by atoms with Crippen molar-refractivity contribution in [1.82, 2.24) is 0 Å². The second-order valence-electron chi connectivity index (χ2n) is 5.53. The van der Waals surface area contributed by atoms with E-state index in [0.717, 1.165) is 11.1 Å². The SMILES string of the molecule is COc1cc(CCC(=O)OC/C=C/c2ccccc2)cc(OC)c1OC. The Labute approximate surface area is 154 Å². The van der Waals surface area contributed by atoms with Crippen molar-refractivity contribution < 1.29 is 23.7 Å². The highest BCUT2D eigenvalue weighted by atomic mass is 16.5. The Bertz CT molecular complexity index is 712. The third-order valence-electron chi connectivity index (χ3n) is 3.79. The van der Waals surface area contributed by atoms with E-state index < -0.39 is 0 Å². The predicted molar refractivity (Wildman–Crippen MR) is 101 cm³/mol. The molecule has 0 spiro atoms. The average molecular weight is 356 g/mol. The highest BCUT2D eigenvalue weighted by Crippen LogP contribution is 2.38. The molecule has 0 N–H and O–H groups in total. The Morgan fingerprint density at radius 2 is 1.62 bits per heavy atom. The monoisotopic (exact) mass is 356 g/mol. The van der Waals surface area contributed by atoms with Crippen LogP contribution in [0.2, 0.25) is 0 Å². The molecule has 0 radical (unpaired) electrons. The van der Waals surface area contributed by atoms with E-state index in [0.29, 0.717) is 23.7 Å². The minimum absolute atomic E-state index is 0.253. The fourth-order valence-electron chi connectivity index (χ4n) is 2.49. The number of benzene rings is 2. The second kappa shape index (κ2) is 10.1. The van der Waals surface area contributed by atoms with Crippen LogP contribution >= 0.6 is 0 Å². The topological polar surface area (TPSA) is 54.0 Å². The first-order valence-corrected chi connectivity index (χ1v) is 8.34. The zero-order valence-electron chi connectivity index (χ0n) is 15.4. The molecule has 5 heteroatoms. The summed E-state index contributed by atoms with van der Waals surface area (Å²) in [6, 6.07) is 13.5. The summed E-state index contributed by atoms with van der Waals surface area (Å²) in [6.07, 6.45) is 4.55. The van der Waals surface area contributed by atoms with Crippen LogP contribution in [0.4, 0.5) is 0 Å². The summed E-state index contributed by atoms with van der Waals surface area (Å²) >= 11 is 0.